The topological polar surface area (TPSA) is 61.4 Å². The second-order valence-electron chi connectivity index (χ2n) is 5.68. The number of anilines is 1. The number of hydrogen-bond donors (Lipinski definition) is 3. The highest BCUT2D eigenvalue weighted by molar-refractivity contribution is 7.08. The first-order valence-corrected chi connectivity index (χ1v) is 8.16. The standard InChI is InChI=1S/C17H22N2O2S/c1-12-5-4-6-13(2)16(12)18-9-15(20)19-11-17(3,21)14-7-8-22-10-14/h4-8,10,18,21H,9,11H2,1-3H3,(H,19,20)/t17-/m0/s1. The van der Waals surface area contributed by atoms with E-state index in [4.69, 9.17) is 0 Å². The lowest BCUT2D eigenvalue weighted by molar-refractivity contribution is -0.120. The summed E-state index contributed by atoms with van der Waals surface area (Å²) in [5, 5.41) is 20.1. The molecule has 0 fully saturated rings. The predicted molar refractivity (Wildman–Crippen MR) is 91.3 cm³/mol. The van der Waals surface area contributed by atoms with Gasteiger partial charge in [-0.25, -0.2) is 0 Å². The Morgan fingerprint density at radius 3 is 2.55 bits per heavy atom. The number of hydrogen-bond acceptors (Lipinski definition) is 4. The molecule has 0 radical (unpaired) electrons. The van der Waals surface area contributed by atoms with E-state index in [1.807, 2.05) is 48.9 Å². The van der Waals surface area contributed by atoms with Crippen LogP contribution in [0.4, 0.5) is 5.69 Å². The van der Waals surface area contributed by atoms with Crippen LogP contribution in [0.25, 0.3) is 0 Å². The first-order valence-electron chi connectivity index (χ1n) is 7.22. The lowest BCUT2D eigenvalue weighted by Crippen LogP contribution is -2.40. The summed E-state index contributed by atoms with van der Waals surface area (Å²) in [7, 11) is 0. The highest BCUT2D eigenvalue weighted by Gasteiger charge is 2.24. The summed E-state index contributed by atoms with van der Waals surface area (Å²) in [5.74, 6) is -0.141. The minimum Gasteiger partial charge on any atom is -0.384 e. The van der Waals surface area contributed by atoms with Crippen molar-refractivity contribution in [3.05, 3.63) is 51.7 Å². The van der Waals surface area contributed by atoms with E-state index < -0.39 is 5.60 Å². The van der Waals surface area contributed by atoms with Crippen LogP contribution in [0.1, 0.15) is 23.6 Å². The lowest BCUT2D eigenvalue weighted by Gasteiger charge is -2.23. The van der Waals surface area contributed by atoms with Crippen LogP contribution in [-0.4, -0.2) is 24.1 Å². The van der Waals surface area contributed by atoms with Crippen LogP contribution in [0.2, 0.25) is 0 Å². The minimum atomic E-state index is -1.05. The number of aliphatic hydroxyl groups is 1. The van der Waals surface area contributed by atoms with Gasteiger partial charge in [-0.1, -0.05) is 18.2 Å². The second-order valence-corrected chi connectivity index (χ2v) is 6.46. The van der Waals surface area contributed by atoms with Gasteiger partial charge in [0.1, 0.15) is 5.60 Å². The van der Waals surface area contributed by atoms with E-state index in [1.165, 1.54) is 11.3 Å². The van der Waals surface area contributed by atoms with Crippen LogP contribution in [0.15, 0.2) is 35.0 Å². The fourth-order valence-corrected chi connectivity index (χ4v) is 3.05. The number of amides is 1. The molecule has 2 rings (SSSR count). The monoisotopic (exact) mass is 318 g/mol. The van der Waals surface area contributed by atoms with Crippen molar-refractivity contribution < 1.29 is 9.90 Å². The fourth-order valence-electron chi connectivity index (χ4n) is 2.27. The smallest absolute Gasteiger partial charge is 0.239 e. The maximum absolute atomic E-state index is 12.0. The normalized spacial score (nSPS) is 13.5. The number of carbonyl (C=O) groups is 1. The van der Waals surface area contributed by atoms with E-state index in [9.17, 15) is 9.90 Å². The molecule has 2 aromatic rings. The second kappa shape index (κ2) is 6.94. The molecular weight excluding hydrogens is 296 g/mol. The molecule has 0 saturated heterocycles. The SMILES string of the molecule is Cc1cccc(C)c1NCC(=O)NC[C@](C)(O)c1ccsc1. The van der Waals surface area contributed by atoms with Crippen molar-refractivity contribution in [2.24, 2.45) is 0 Å². The molecule has 1 aromatic carbocycles. The summed E-state index contributed by atoms with van der Waals surface area (Å²) in [6.45, 7) is 6.10. The zero-order valence-corrected chi connectivity index (χ0v) is 14.0. The Balaban J connectivity index is 1.86. The van der Waals surface area contributed by atoms with Crippen molar-refractivity contribution in [3.63, 3.8) is 0 Å². The number of thiophene rings is 1. The van der Waals surface area contributed by atoms with Crippen molar-refractivity contribution in [2.45, 2.75) is 26.4 Å². The number of para-hydroxylation sites is 1. The molecule has 1 heterocycles. The molecule has 1 aromatic heterocycles. The predicted octanol–water partition coefficient (Wildman–Crippen LogP) is 2.80. The van der Waals surface area contributed by atoms with Gasteiger partial charge in [-0.05, 0) is 54.3 Å². The van der Waals surface area contributed by atoms with E-state index in [2.05, 4.69) is 10.6 Å². The lowest BCUT2D eigenvalue weighted by atomic mass is 9.99. The van der Waals surface area contributed by atoms with Crippen molar-refractivity contribution >= 4 is 22.9 Å². The quantitative estimate of drug-likeness (QED) is 0.767. The van der Waals surface area contributed by atoms with E-state index in [1.54, 1.807) is 6.92 Å². The van der Waals surface area contributed by atoms with Gasteiger partial charge in [0.05, 0.1) is 13.1 Å². The van der Waals surface area contributed by atoms with E-state index >= 15 is 0 Å². The first kappa shape index (κ1) is 16.5. The van der Waals surface area contributed by atoms with Crippen molar-refractivity contribution in [3.8, 4) is 0 Å². The maximum Gasteiger partial charge on any atom is 0.239 e. The van der Waals surface area contributed by atoms with Crippen molar-refractivity contribution in [1.29, 1.82) is 0 Å². The van der Waals surface area contributed by atoms with E-state index in [0.717, 1.165) is 22.4 Å². The molecule has 1 amide bonds. The molecule has 0 aliphatic rings. The van der Waals surface area contributed by atoms with Gasteiger partial charge in [-0.2, -0.15) is 11.3 Å². The molecule has 1 atom stereocenters. The largest absolute Gasteiger partial charge is 0.384 e. The summed E-state index contributed by atoms with van der Waals surface area (Å²) < 4.78 is 0. The summed E-state index contributed by atoms with van der Waals surface area (Å²) in [6, 6.07) is 7.88. The van der Waals surface area contributed by atoms with Crippen LogP contribution >= 0.6 is 11.3 Å². The summed E-state index contributed by atoms with van der Waals surface area (Å²) in [4.78, 5) is 12.0. The molecule has 0 saturated carbocycles. The molecule has 0 bridgehead atoms. The molecule has 0 aliphatic carbocycles. The van der Waals surface area contributed by atoms with Crippen LogP contribution in [0, 0.1) is 13.8 Å². The minimum absolute atomic E-state index is 0.141. The van der Waals surface area contributed by atoms with Gasteiger partial charge in [0.2, 0.25) is 5.91 Å². The highest BCUT2D eigenvalue weighted by atomic mass is 32.1. The van der Waals surface area contributed by atoms with Gasteiger partial charge >= 0.3 is 0 Å². The van der Waals surface area contributed by atoms with Crippen LogP contribution in [0.3, 0.4) is 0 Å². The third-order valence-electron chi connectivity index (χ3n) is 3.68. The highest BCUT2D eigenvalue weighted by Crippen LogP contribution is 2.22. The third kappa shape index (κ3) is 4.08. The van der Waals surface area contributed by atoms with Gasteiger partial charge in [0.25, 0.3) is 0 Å². The molecule has 118 valence electrons. The van der Waals surface area contributed by atoms with Crippen molar-refractivity contribution in [1.82, 2.24) is 5.32 Å². The number of aryl methyl sites for hydroxylation is 2. The van der Waals surface area contributed by atoms with Gasteiger partial charge in [-0.3, -0.25) is 4.79 Å². The maximum atomic E-state index is 12.0. The van der Waals surface area contributed by atoms with Crippen LogP contribution < -0.4 is 10.6 Å². The Kier molecular flexibility index (Phi) is 5.21. The Bertz CT molecular complexity index is 616. The zero-order valence-electron chi connectivity index (χ0n) is 13.1. The molecule has 5 heteroatoms. The third-order valence-corrected chi connectivity index (χ3v) is 4.36. The molecular formula is C17H22N2O2S. The van der Waals surface area contributed by atoms with Crippen LogP contribution in [-0.2, 0) is 10.4 Å². The number of nitrogens with one attached hydrogen (secondary N) is 2. The van der Waals surface area contributed by atoms with Gasteiger partial charge in [0, 0.05) is 5.69 Å². The fraction of sp³-hybridized carbons (Fsp3) is 0.353. The summed E-state index contributed by atoms with van der Waals surface area (Å²) in [5.41, 5.74) is 2.98. The van der Waals surface area contributed by atoms with E-state index in [0.29, 0.717) is 0 Å². The van der Waals surface area contributed by atoms with E-state index in [-0.39, 0.29) is 19.0 Å². The Hall–Kier alpha value is -1.85. The number of carbonyl (C=O) groups excluding carboxylic acids is 1. The van der Waals surface area contributed by atoms with Gasteiger partial charge in [0.15, 0.2) is 0 Å². The average Bonchev–Trinajstić information content (AvgIpc) is 3.00. The Morgan fingerprint density at radius 2 is 1.95 bits per heavy atom. The number of benzene rings is 1. The zero-order chi connectivity index (χ0) is 16.2. The molecule has 22 heavy (non-hydrogen) atoms. The molecule has 4 nitrogen and oxygen atoms in total. The molecule has 0 aliphatic heterocycles. The Morgan fingerprint density at radius 1 is 1.27 bits per heavy atom. The van der Waals surface area contributed by atoms with Gasteiger partial charge in [-0.15, -0.1) is 0 Å². The first-order chi connectivity index (χ1) is 10.4. The molecule has 3 N–H and O–H groups in total. The molecule has 0 unspecified atom stereocenters. The Labute approximate surface area is 135 Å². The van der Waals surface area contributed by atoms with Crippen molar-refractivity contribution in [2.75, 3.05) is 18.4 Å². The summed E-state index contributed by atoms with van der Waals surface area (Å²) in [6.07, 6.45) is 0. The summed E-state index contributed by atoms with van der Waals surface area (Å²) >= 11 is 1.53. The average molecular weight is 318 g/mol. The molecule has 0 spiro atoms. The van der Waals surface area contributed by atoms with Gasteiger partial charge < -0.3 is 15.7 Å². The number of rotatable bonds is 6. The van der Waals surface area contributed by atoms with Crippen LogP contribution in [0.5, 0.6) is 0 Å².